The third-order valence-corrected chi connectivity index (χ3v) is 13.2. The van der Waals surface area contributed by atoms with Gasteiger partial charge < -0.3 is 18.9 Å². The summed E-state index contributed by atoms with van der Waals surface area (Å²) in [5, 5.41) is 9.13. The molecule has 0 saturated heterocycles. The Bertz CT molecular complexity index is 1760. The lowest BCUT2D eigenvalue weighted by molar-refractivity contribution is -0.141. The summed E-state index contributed by atoms with van der Waals surface area (Å²) in [7, 11) is 0. The molecule has 5 rings (SSSR count). The van der Waals surface area contributed by atoms with Gasteiger partial charge in [-0.15, -0.1) is 5.11 Å². The first-order valence-corrected chi connectivity index (χ1v) is 24.8. The normalized spacial score (nSPS) is 19.5. The predicted molar refractivity (Wildman–Crippen MR) is 251 cm³/mol. The molecular formula is C54H78N2O6. The Morgan fingerprint density at radius 3 is 1.69 bits per heavy atom. The third kappa shape index (κ3) is 17.2. The summed E-state index contributed by atoms with van der Waals surface area (Å²) in [5.74, 6) is 3.23. The Kier molecular flexibility index (Phi) is 21.9. The number of azo groups is 1. The molecule has 1 unspecified atom stereocenters. The van der Waals surface area contributed by atoms with E-state index in [1.54, 1.807) is 42.5 Å². The quantitative estimate of drug-likeness (QED) is 0.0328. The lowest BCUT2D eigenvalue weighted by Gasteiger charge is -2.27. The molecule has 62 heavy (non-hydrogen) atoms. The fourth-order valence-corrected chi connectivity index (χ4v) is 9.11. The molecule has 2 saturated carbocycles. The zero-order valence-electron chi connectivity index (χ0n) is 38.8. The van der Waals surface area contributed by atoms with Crippen LogP contribution < -0.4 is 18.9 Å². The number of rotatable bonds is 27. The van der Waals surface area contributed by atoms with Crippen molar-refractivity contribution < 1.29 is 28.5 Å². The molecule has 0 N–H and O–H groups in total. The molecule has 0 radical (unpaired) electrons. The van der Waals surface area contributed by atoms with E-state index in [9.17, 15) is 9.59 Å². The zero-order valence-corrected chi connectivity index (χ0v) is 38.8. The Morgan fingerprint density at radius 1 is 0.565 bits per heavy atom. The van der Waals surface area contributed by atoms with Crippen LogP contribution in [0.3, 0.4) is 0 Å². The van der Waals surface area contributed by atoms with E-state index in [4.69, 9.17) is 18.9 Å². The fourth-order valence-electron chi connectivity index (χ4n) is 9.11. The molecule has 2 aliphatic rings. The van der Waals surface area contributed by atoms with Crippen molar-refractivity contribution in [3.05, 3.63) is 72.3 Å². The van der Waals surface area contributed by atoms with Gasteiger partial charge in [-0.3, -0.25) is 9.59 Å². The Hall–Kier alpha value is -4.20. The van der Waals surface area contributed by atoms with Crippen molar-refractivity contribution in [2.75, 3.05) is 6.61 Å². The third-order valence-electron chi connectivity index (χ3n) is 13.2. The van der Waals surface area contributed by atoms with Gasteiger partial charge in [-0.05, 0) is 131 Å². The van der Waals surface area contributed by atoms with Crippen LogP contribution in [-0.2, 0) is 9.59 Å². The van der Waals surface area contributed by atoms with Crippen LogP contribution in [0.1, 0.15) is 193 Å². The van der Waals surface area contributed by atoms with Gasteiger partial charge in [-0.25, -0.2) is 0 Å². The molecule has 0 bridgehead atoms. The lowest BCUT2D eigenvalue weighted by atomic mass is 9.80. The summed E-state index contributed by atoms with van der Waals surface area (Å²) >= 11 is 0. The molecule has 340 valence electrons. The second-order valence-electron chi connectivity index (χ2n) is 18.2. The van der Waals surface area contributed by atoms with E-state index >= 15 is 0 Å². The number of esters is 2. The number of unbranched alkanes of at least 4 members (excludes halogenated alkanes) is 11. The maximum absolute atomic E-state index is 13.4. The van der Waals surface area contributed by atoms with Gasteiger partial charge in [0.15, 0.2) is 5.75 Å². The summed E-state index contributed by atoms with van der Waals surface area (Å²) in [6, 6.07) is 20.5. The van der Waals surface area contributed by atoms with Crippen LogP contribution in [0.2, 0.25) is 0 Å². The zero-order chi connectivity index (χ0) is 43.8. The number of benzene rings is 3. The molecule has 3 aromatic carbocycles. The maximum atomic E-state index is 13.4. The fraction of sp³-hybridized carbons (Fsp3) is 0.630. The van der Waals surface area contributed by atoms with Crippen LogP contribution >= 0.6 is 0 Å². The predicted octanol–water partition coefficient (Wildman–Crippen LogP) is 16.3. The van der Waals surface area contributed by atoms with Crippen molar-refractivity contribution in [2.45, 2.75) is 188 Å². The van der Waals surface area contributed by atoms with Gasteiger partial charge in [0, 0.05) is 6.07 Å². The monoisotopic (exact) mass is 851 g/mol. The largest absolute Gasteiger partial charge is 0.494 e. The van der Waals surface area contributed by atoms with Gasteiger partial charge in [0.05, 0.1) is 24.1 Å². The van der Waals surface area contributed by atoms with Gasteiger partial charge >= 0.3 is 11.9 Å². The summed E-state index contributed by atoms with van der Waals surface area (Å²) in [4.78, 5) is 26.4. The minimum atomic E-state index is -0.352. The first kappa shape index (κ1) is 48.8. The minimum Gasteiger partial charge on any atom is -0.494 e. The van der Waals surface area contributed by atoms with Gasteiger partial charge in [0.2, 0.25) is 0 Å². The summed E-state index contributed by atoms with van der Waals surface area (Å²) in [6.45, 7) is 9.42. The topological polar surface area (TPSA) is 95.8 Å². The number of nitrogens with zero attached hydrogens (tertiary/aromatic N) is 2. The van der Waals surface area contributed by atoms with Crippen molar-refractivity contribution >= 4 is 23.3 Å². The van der Waals surface area contributed by atoms with Crippen molar-refractivity contribution in [2.24, 2.45) is 33.9 Å². The number of carbonyl (C=O) groups excluding carboxylic acids is 2. The van der Waals surface area contributed by atoms with Crippen LogP contribution in [0.4, 0.5) is 11.4 Å². The van der Waals surface area contributed by atoms with Crippen LogP contribution in [-0.4, -0.2) is 18.5 Å². The molecule has 1 atom stereocenters. The van der Waals surface area contributed by atoms with E-state index in [0.717, 1.165) is 75.0 Å². The Balaban J connectivity index is 1.20. The smallest absolute Gasteiger partial charge is 0.314 e. The molecule has 0 aliphatic heterocycles. The van der Waals surface area contributed by atoms with E-state index < -0.39 is 0 Å². The van der Waals surface area contributed by atoms with E-state index in [1.165, 1.54) is 96.3 Å². The average Bonchev–Trinajstić information content (AvgIpc) is 3.29. The highest BCUT2D eigenvalue weighted by molar-refractivity contribution is 5.76. The molecule has 0 amide bonds. The number of hydrogen-bond donors (Lipinski definition) is 0. The molecular weight excluding hydrogens is 773 g/mol. The van der Waals surface area contributed by atoms with Crippen LogP contribution in [0.25, 0.3) is 0 Å². The first-order chi connectivity index (χ1) is 30.3. The van der Waals surface area contributed by atoms with Crippen LogP contribution in [0, 0.1) is 23.7 Å². The maximum Gasteiger partial charge on any atom is 0.314 e. The van der Waals surface area contributed by atoms with E-state index in [1.807, 2.05) is 31.2 Å². The van der Waals surface area contributed by atoms with E-state index in [0.29, 0.717) is 41.1 Å². The summed E-state index contributed by atoms with van der Waals surface area (Å²) in [5.41, 5.74) is 2.08. The summed E-state index contributed by atoms with van der Waals surface area (Å²) in [6.07, 6.45) is 27.8. The molecule has 0 aromatic heterocycles. The highest BCUT2D eigenvalue weighted by Gasteiger charge is 2.29. The second-order valence-corrected chi connectivity index (χ2v) is 18.2. The number of hydrogen-bond acceptors (Lipinski definition) is 8. The van der Waals surface area contributed by atoms with Crippen molar-refractivity contribution in [3.8, 4) is 23.0 Å². The molecule has 8 nitrogen and oxygen atoms in total. The standard InChI is InChI=1S/C54H78N2O6/c1-5-8-11-12-13-14-15-18-38-59-49-23-19-22-46(39-49)41(4)60-52-40-50(62-54(58)45-30-26-43(27-31-45)21-17-10-7-3)36-37-51(52)56-55-47-32-34-48(35-33-47)61-53(57)44-28-24-42(25-29-44)20-16-9-6-2/h19,22-23,32-37,39-45H,5-18,20-21,24-31,38H2,1-4H3. The van der Waals surface area contributed by atoms with Gasteiger partial charge in [-0.2, -0.15) is 5.11 Å². The molecule has 3 aromatic rings. The Labute approximate surface area is 374 Å². The van der Waals surface area contributed by atoms with Gasteiger partial charge in [-0.1, -0.05) is 129 Å². The molecule has 2 fully saturated rings. The van der Waals surface area contributed by atoms with Crippen molar-refractivity contribution in [1.29, 1.82) is 0 Å². The molecule has 0 spiro atoms. The van der Waals surface area contributed by atoms with Gasteiger partial charge in [0.25, 0.3) is 0 Å². The molecule has 2 aliphatic carbocycles. The van der Waals surface area contributed by atoms with Crippen LogP contribution in [0.15, 0.2) is 77.0 Å². The van der Waals surface area contributed by atoms with E-state index in [2.05, 4.69) is 31.0 Å². The highest BCUT2D eigenvalue weighted by atomic mass is 16.5. The molecule has 8 heteroatoms. The first-order valence-electron chi connectivity index (χ1n) is 24.8. The molecule has 0 heterocycles. The van der Waals surface area contributed by atoms with Gasteiger partial charge in [0.1, 0.15) is 29.0 Å². The summed E-state index contributed by atoms with van der Waals surface area (Å²) < 4.78 is 24.6. The van der Waals surface area contributed by atoms with E-state index in [-0.39, 0.29) is 29.9 Å². The highest BCUT2D eigenvalue weighted by Crippen LogP contribution is 2.39. The van der Waals surface area contributed by atoms with Crippen molar-refractivity contribution in [1.82, 2.24) is 0 Å². The van der Waals surface area contributed by atoms with Crippen molar-refractivity contribution in [3.63, 3.8) is 0 Å². The second kappa shape index (κ2) is 27.8. The minimum absolute atomic E-state index is 0.0371. The average molecular weight is 851 g/mol. The number of carbonyl (C=O) groups is 2. The number of ether oxygens (including phenoxy) is 4. The SMILES string of the molecule is CCCCCCCCCCOc1cccc(C(C)Oc2cc(OC(=O)C3CCC(CCCCC)CC3)ccc2N=Nc2ccc(OC(=O)C3CCC(CCCCC)CC3)cc2)c1. The Morgan fingerprint density at radius 2 is 1.10 bits per heavy atom. The lowest BCUT2D eigenvalue weighted by Crippen LogP contribution is -2.25. The van der Waals surface area contributed by atoms with Crippen LogP contribution in [0.5, 0.6) is 23.0 Å².